The van der Waals surface area contributed by atoms with E-state index in [2.05, 4.69) is 18.7 Å². The summed E-state index contributed by atoms with van der Waals surface area (Å²) in [6, 6.07) is 5.70. The van der Waals surface area contributed by atoms with Crippen LogP contribution >= 0.6 is 0 Å². The monoisotopic (exact) mass is 249 g/mol. The third kappa shape index (κ3) is 2.61. The van der Waals surface area contributed by atoms with Crippen LogP contribution in [-0.2, 0) is 0 Å². The van der Waals surface area contributed by atoms with Gasteiger partial charge in [0, 0.05) is 18.7 Å². The summed E-state index contributed by atoms with van der Waals surface area (Å²) in [6.07, 6.45) is 0. The van der Waals surface area contributed by atoms with Gasteiger partial charge in [0.05, 0.1) is 6.04 Å². The first-order chi connectivity index (χ1) is 8.49. The highest BCUT2D eigenvalue weighted by Gasteiger charge is 2.32. The fraction of sp³-hybridized carbons (Fsp3) is 0.533. The van der Waals surface area contributed by atoms with Crippen molar-refractivity contribution in [2.45, 2.75) is 26.8 Å². The van der Waals surface area contributed by atoms with E-state index in [1.54, 1.807) is 12.1 Å². The van der Waals surface area contributed by atoms with E-state index >= 15 is 0 Å². The maximum Gasteiger partial charge on any atom is 0.179 e. The van der Waals surface area contributed by atoms with Gasteiger partial charge in [0.25, 0.3) is 0 Å². The van der Waals surface area contributed by atoms with Crippen LogP contribution in [0.5, 0.6) is 0 Å². The summed E-state index contributed by atoms with van der Waals surface area (Å²) in [7, 11) is 0. The summed E-state index contributed by atoms with van der Waals surface area (Å²) in [5.74, 6) is 1.04. The van der Waals surface area contributed by atoms with Crippen LogP contribution in [0.1, 0.15) is 31.1 Å². The van der Waals surface area contributed by atoms with E-state index in [0.717, 1.165) is 13.1 Å². The molecule has 1 aliphatic heterocycles. The predicted molar refractivity (Wildman–Crippen MR) is 70.1 cm³/mol. The predicted octanol–water partition coefficient (Wildman–Crippen LogP) is 2.98. The Hall–Kier alpha value is -1.22. The van der Waals surface area contributed by atoms with Crippen molar-refractivity contribution in [3.05, 3.63) is 35.6 Å². The Bertz CT molecular complexity index is 419. The molecule has 0 aliphatic carbocycles. The normalized spacial score (nSPS) is 26.2. The molecule has 1 aromatic rings. The van der Waals surface area contributed by atoms with Crippen molar-refractivity contribution in [2.75, 3.05) is 13.1 Å². The first-order valence-electron chi connectivity index (χ1n) is 6.53. The van der Waals surface area contributed by atoms with Crippen molar-refractivity contribution in [3.8, 4) is 0 Å². The molecule has 18 heavy (non-hydrogen) atoms. The maximum atomic E-state index is 12.8. The molecule has 0 aromatic heterocycles. The van der Waals surface area contributed by atoms with Crippen LogP contribution in [0, 0.1) is 17.7 Å². The number of hydrogen-bond acceptors (Lipinski definition) is 2. The number of rotatable bonds is 3. The number of halogens is 1. The van der Waals surface area contributed by atoms with Gasteiger partial charge >= 0.3 is 0 Å². The molecule has 0 amide bonds. The van der Waals surface area contributed by atoms with Crippen LogP contribution in [-0.4, -0.2) is 29.8 Å². The SMILES string of the molecule is CC1CN(C(C)C(=O)c2ccc(F)cc2)CC1C. The highest BCUT2D eigenvalue weighted by Crippen LogP contribution is 2.25. The highest BCUT2D eigenvalue weighted by atomic mass is 19.1. The Morgan fingerprint density at radius 2 is 1.72 bits per heavy atom. The zero-order valence-electron chi connectivity index (χ0n) is 11.2. The molecule has 1 fully saturated rings. The second kappa shape index (κ2) is 5.19. The second-order valence-electron chi connectivity index (χ2n) is 5.46. The highest BCUT2D eigenvalue weighted by molar-refractivity contribution is 5.99. The van der Waals surface area contributed by atoms with E-state index in [1.165, 1.54) is 12.1 Å². The molecule has 98 valence electrons. The van der Waals surface area contributed by atoms with Gasteiger partial charge in [-0.05, 0) is 43.0 Å². The number of likely N-dealkylation sites (tertiary alicyclic amines) is 1. The number of Topliss-reactive ketones (excluding diaryl/α,β-unsaturated/α-hetero) is 1. The fourth-order valence-corrected chi connectivity index (χ4v) is 2.51. The van der Waals surface area contributed by atoms with Gasteiger partial charge in [-0.3, -0.25) is 9.69 Å². The molecule has 0 radical (unpaired) electrons. The topological polar surface area (TPSA) is 20.3 Å². The summed E-state index contributed by atoms with van der Waals surface area (Å²) < 4.78 is 12.8. The second-order valence-corrected chi connectivity index (χ2v) is 5.46. The van der Waals surface area contributed by atoms with Crippen molar-refractivity contribution in [3.63, 3.8) is 0 Å². The first kappa shape index (κ1) is 13.2. The van der Waals surface area contributed by atoms with Gasteiger partial charge in [-0.25, -0.2) is 4.39 Å². The van der Waals surface area contributed by atoms with Crippen LogP contribution < -0.4 is 0 Å². The van der Waals surface area contributed by atoms with E-state index in [1.807, 2.05) is 6.92 Å². The Labute approximate surface area is 108 Å². The maximum absolute atomic E-state index is 12.8. The molecular formula is C15H20FNO. The average Bonchev–Trinajstić information content (AvgIpc) is 2.69. The zero-order chi connectivity index (χ0) is 13.3. The van der Waals surface area contributed by atoms with Crippen LogP contribution in [0.2, 0.25) is 0 Å². The molecule has 0 N–H and O–H groups in total. The number of carbonyl (C=O) groups excluding carboxylic acids is 1. The van der Waals surface area contributed by atoms with Gasteiger partial charge in [-0.15, -0.1) is 0 Å². The lowest BCUT2D eigenvalue weighted by Gasteiger charge is -2.23. The molecule has 0 bridgehead atoms. The quantitative estimate of drug-likeness (QED) is 0.768. The van der Waals surface area contributed by atoms with Crippen molar-refractivity contribution in [1.82, 2.24) is 4.90 Å². The van der Waals surface area contributed by atoms with E-state index < -0.39 is 0 Å². The molecule has 1 heterocycles. The Morgan fingerprint density at radius 3 is 2.22 bits per heavy atom. The number of hydrogen-bond donors (Lipinski definition) is 0. The summed E-state index contributed by atoms with van der Waals surface area (Å²) in [5.41, 5.74) is 0.594. The van der Waals surface area contributed by atoms with Gasteiger partial charge in [-0.2, -0.15) is 0 Å². The summed E-state index contributed by atoms with van der Waals surface area (Å²) in [4.78, 5) is 14.5. The van der Waals surface area contributed by atoms with Crippen molar-refractivity contribution in [2.24, 2.45) is 11.8 Å². The first-order valence-corrected chi connectivity index (χ1v) is 6.53. The van der Waals surface area contributed by atoms with E-state index in [4.69, 9.17) is 0 Å². The molecule has 2 nitrogen and oxygen atoms in total. The lowest BCUT2D eigenvalue weighted by atomic mass is 10.0. The number of nitrogens with zero attached hydrogens (tertiary/aromatic N) is 1. The van der Waals surface area contributed by atoms with Gasteiger partial charge in [0.1, 0.15) is 5.82 Å². The van der Waals surface area contributed by atoms with Crippen LogP contribution in [0.25, 0.3) is 0 Å². The van der Waals surface area contributed by atoms with Crippen LogP contribution in [0.15, 0.2) is 24.3 Å². The molecule has 1 aliphatic rings. The van der Waals surface area contributed by atoms with E-state index in [0.29, 0.717) is 17.4 Å². The third-order valence-corrected chi connectivity index (χ3v) is 4.07. The largest absolute Gasteiger partial charge is 0.293 e. The molecular weight excluding hydrogens is 229 g/mol. The molecule has 3 atom stereocenters. The fourth-order valence-electron chi connectivity index (χ4n) is 2.51. The number of carbonyl (C=O) groups is 1. The lowest BCUT2D eigenvalue weighted by molar-refractivity contribution is 0.0861. The van der Waals surface area contributed by atoms with Crippen molar-refractivity contribution >= 4 is 5.78 Å². The van der Waals surface area contributed by atoms with Gasteiger partial charge in [0.15, 0.2) is 5.78 Å². The standard InChI is InChI=1S/C15H20FNO/c1-10-8-17(9-11(10)2)12(3)15(18)13-4-6-14(16)7-5-13/h4-7,10-12H,8-9H2,1-3H3. The molecule has 2 rings (SSSR count). The van der Waals surface area contributed by atoms with Gasteiger partial charge in [-0.1, -0.05) is 13.8 Å². The number of benzene rings is 1. The van der Waals surface area contributed by atoms with Crippen molar-refractivity contribution < 1.29 is 9.18 Å². The smallest absolute Gasteiger partial charge is 0.179 e. The molecule has 1 saturated heterocycles. The molecule has 0 spiro atoms. The molecule has 1 aromatic carbocycles. The summed E-state index contributed by atoms with van der Waals surface area (Å²) in [6.45, 7) is 8.32. The summed E-state index contributed by atoms with van der Waals surface area (Å²) >= 11 is 0. The Kier molecular flexibility index (Phi) is 3.81. The minimum absolute atomic E-state index is 0.0799. The van der Waals surface area contributed by atoms with Gasteiger partial charge in [0.2, 0.25) is 0 Å². The average molecular weight is 249 g/mol. The lowest BCUT2D eigenvalue weighted by Crippen LogP contribution is -2.37. The van der Waals surface area contributed by atoms with Crippen molar-refractivity contribution in [1.29, 1.82) is 0 Å². The molecule has 3 unspecified atom stereocenters. The molecule has 3 heteroatoms. The zero-order valence-corrected chi connectivity index (χ0v) is 11.2. The summed E-state index contributed by atoms with van der Waals surface area (Å²) in [5, 5.41) is 0. The Balaban J connectivity index is 2.07. The minimum atomic E-state index is -0.303. The minimum Gasteiger partial charge on any atom is -0.293 e. The van der Waals surface area contributed by atoms with E-state index in [9.17, 15) is 9.18 Å². The number of ketones is 1. The van der Waals surface area contributed by atoms with Crippen LogP contribution in [0.3, 0.4) is 0 Å². The Morgan fingerprint density at radius 1 is 1.22 bits per heavy atom. The van der Waals surface area contributed by atoms with Gasteiger partial charge < -0.3 is 0 Å². The molecule has 0 saturated carbocycles. The van der Waals surface area contributed by atoms with E-state index in [-0.39, 0.29) is 17.6 Å². The van der Waals surface area contributed by atoms with Crippen LogP contribution in [0.4, 0.5) is 4.39 Å². The third-order valence-electron chi connectivity index (χ3n) is 4.07.